The number of benzene rings is 3. The van der Waals surface area contributed by atoms with E-state index < -0.39 is 10.0 Å². The third-order valence-electron chi connectivity index (χ3n) is 7.57. The predicted octanol–water partition coefficient (Wildman–Crippen LogP) is 5.18. The molecule has 0 bridgehead atoms. The van der Waals surface area contributed by atoms with Crippen LogP contribution in [-0.2, 0) is 42.5 Å². The third-order valence-corrected chi connectivity index (χ3v) is 10.6. The van der Waals surface area contributed by atoms with Gasteiger partial charge in [0.25, 0.3) is 5.91 Å². The maximum absolute atomic E-state index is 13.3. The molecule has 1 amide bonds. The van der Waals surface area contributed by atoms with Crippen LogP contribution in [0.25, 0.3) is 0 Å². The van der Waals surface area contributed by atoms with Crippen LogP contribution >= 0.6 is 11.3 Å². The van der Waals surface area contributed by atoms with E-state index in [-0.39, 0.29) is 10.8 Å². The molecule has 0 atom stereocenters. The smallest absolute Gasteiger partial charge is 0.256 e. The van der Waals surface area contributed by atoms with Gasteiger partial charge in [-0.25, -0.2) is 8.42 Å². The van der Waals surface area contributed by atoms with Gasteiger partial charge in [-0.05, 0) is 59.4 Å². The Morgan fingerprint density at radius 3 is 2.38 bits per heavy atom. The summed E-state index contributed by atoms with van der Waals surface area (Å²) in [7, 11) is -3.69. The molecule has 0 spiro atoms. The lowest BCUT2D eigenvalue weighted by atomic mass is 10.0. The number of carbonyl (C=O) groups excluding carboxylic acids is 1. The summed E-state index contributed by atoms with van der Waals surface area (Å²) in [6, 6.07) is 26.5. The number of sulfonamides is 1. The minimum absolute atomic E-state index is 0.159. The lowest BCUT2D eigenvalue weighted by Gasteiger charge is -2.28. The first-order chi connectivity index (χ1) is 19.4. The molecule has 0 saturated heterocycles. The van der Waals surface area contributed by atoms with Crippen molar-refractivity contribution < 1.29 is 13.2 Å². The van der Waals surface area contributed by atoms with Gasteiger partial charge in [0.15, 0.2) is 0 Å². The van der Waals surface area contributed by atoms with Crippen LogP contribution in [0.1, 0.15) is 43.1 Å². The van der Waals surface area contributed by atoms with Crippen molar-refractivity contribution in [2.45, 2.75) is 37.4 Å². The molecule has 202 valence electrons. The van der Waals surface area contributed by atoms with Crippen molar-refractivity contribution in [2.24, 2.45) is 0 Å². The number of amides is 1. The number of nitrogens with zero attached hydrogens (tertiary/aromatic N) is 3. The molecule has 1 aromatic heterocycles. The molecular formula is C31H28N4O3S2. The molecule has 40 heavy (non-hydrogen) atoms. The Morgan fingerprint density at radius 2 is 1.62 bits per heavy atom. The van der Waals surface area contributed by atoms with Crippen molar-refractivity contribution in [3.63, 3.8) is 0 Å². The van der Waals surface area contributed by atoms with E-state index >= 15 is 0 Å². The minimum atomic E-state index is -3.69. The van der Waals surface area contributed by atoms with Crippen LogP contribution in [0.4, 0.5) is 5.00 Å². The maximum atomic E-state index is 13.3. The molecule has 6 rings (SSSR count). The second-order valence-electron chi connectivity index (χ2n) is 10.1. The molecule has 0 saturated carbocycles. The number of nitriles is 1. The minimum Gasteiger partial charge on any atom is -0.312 e. The zero-order valence-electron chi connectivity index (χ0n) is 21.8. The van der Waals surface area contributed by atoms with E-state index in [9.17, 15) is 18.5 Å². The van der Waals surface area contributed by atoms with Crippen molar-refractivity contribution in [1.82, 2.24) is 9.21 Å². The predicted molar refractivity (Wildman–Crippen MR) is 155 cm³/mol. The molecule has 3 heterocycles. The Balaban J connectivity index is 1.15. The topological polar surface area (TPSA) is 93.5 Å². The fourth-order valence-corrected chi connectivity index (χ4v) is 8.07. The molecule has 2 aliphatic rings. The number of thiophene rings is 1. The standard InChI is InChI=1S/C31H28N4O3S2/c32-18-28-27-15-16-34(19-22-6-2-1-3-7-22)21-29(27)39-31(28)33-30(36)24-10-12-26(13-11-24)40(37,38)35-17-14-23-8-4-5-9-25(23)20-35/h1-13H,14-17,19-21H2,(H,33,36). The van der Waals surface area contributed by atoms with Crippen LogP contribution in [0.3, 0.4) is 0 Å². The first-order valence-corrected chi connectivity index (χ1v) is 15.5. The fraction of sp³-hybridized carbons (Fsp3) is 0.226. The summed E-state index contributed by atoms with van der Waals surface area (Å²) < 4.78 is 28.1. The molecule has 0 fully saturated rings. The largest absolute Gasteiger partial charge is 0.312 e. The van der Waals surface area contributed by atoms with E-state index in [2.05, 4.69) is 28.4 Å². The van der Waals surface area contributed by atoms with Crippen LogP contribution in [-0.4, -0.2) is 36.6 Å². The zero-order valence-corrected chi connectivity index (χ0v) is 23.5. The molecular weight excluding hydrogens is 541 g/mol. The zero-order chi connectivity index (χ0) is 27.7. The molecule has 1 N–H and O–H groups in total. The van der Waals surface area contributed by atoms with Crippen LogP contribution < -0.4 is 5.32 Å². The average molecular weight is 569 g/mol. The first kappa shape index (κ1) is 26.4. The molecule has 3 aromatic carbocycles. The van der Waals surface area contributed by atoms with Gasteiger partial charge in [0.1, 0.15) is 11.1 Å². The lowest BCUT2D eigenvalue weighted by Crippen LogP contribution is -2.35. The van der Waals surface area contributed by atoms with Crippen molar-refractivity contribution in [1.29, 1.82) is 5.26 Å². The highest BCUT2D eigenvalue weighted by atomic mass is 32.2. The third kappa shape index (κ3) is 5.19. The summed E-state index contributed by atoms with van der Waals surface area (Å²) in [6.45, 7) is 3.17. The highest BCUT2D eigenvalue weighted by molar-refractivity contribution is 7.89. The van der Waals surface area contributed by atoms with Gasteiger partial charge in [-0.2, -0.15) is 9.57 Å². The number of hydrogen-bond donors (Lipinski definition) is 1. The van der Waals surface area contributed by atoms with Crippen LogP contribution in [0, 0.1) is 11.3 Å². The van der Waals surface area contributed by atoms with Gasteiger partial charge in [-0.3, -0.25) is 9.69 Å². The number of hydrogen-bond acceptors (Lipinski definition) is 6. The molecule has 2 aliphatic heterocycles. The van der Waals surface area contributed by atoms with E-state index in [4.69, 9.17) is 0 Å². The summed E-state index contributed by atoms with van der Waals surface area (Å²) in [5, 5.41) is 13.3. The normalized spacial score (nSPS) is 15.6. The Bertz CT molecular complexity index is 1710. The second-order valence-corrected chi connectivity index (χ2v) is 13.1. The van der Waals surface area contributed by atoms with Gasteiger partial charge >= 0.3 is 0 Å². The molecule has 0 aliphatic carbocycles. The van der Waals surface area contributed by atoms with E-state index in [1.54, 1.807) is 0 Å². The quantitative estimate of drug-likeness (QED) is 0.346. The first-order valence-electron chi connectivity index (χ1n) is 13.2. The van der Waals surface area contributed by atoms with E-state index in [0.29, 0.717) is 35.6 Å². The highest BCUT2D eigenvalue weighted by Gasteiger charge is 2.29. The van der Waals surface area contributed by atoms with Gasteiger partial charge in [0.05, 0.1) is 10.5 Å². The molecule has 7 nitrogen and oxygen atoms in total. The van der Waals surface area contributed by atoms with E-state index in [0.717, 1.165) is 42.1 Å². The average Bonchev–Trinajstić information content (AvgIpc) is 3.33. The summed E-state index contributed by atoms with van der Waals surface area (Å²) in [4.78, 5) is 16.7. The number of rotatable bonds is 6. The van der Waals surface area contributed by atoms with E-state index in [1.165, 1.54) is 51.0 Å². The molecule has 0 unspecified atom stereocenters. The van der Waals surface area contributed by atoms with E-state index in [1.807, 2.05) is 42.5 Å². The van der Waals surface area contributed by atoms with Gasteiger partial charge in [-0.1, -0.05) is 54.6 Å². The Hall–Kier alpha value is -3.81. The number of carbonyl (C=O) groups is 1. The van der Waals surface area contributed by atoms with Gasteiger partial charge in [-0.15, -0.1) is 11.3 Å². The summed E-state index contributed by atoms with van der Waals surface area (Å²) in [6.07, 6.45) is 1.43. The number of anilines is 1. The summed E-state index contributed by atoms with van der Waals surface area (Å²) >= 11 is 1.45. The Labute approximate surface area is 238 Å². The molecule has 0 radical (unpaired) electrons. The fourth-order valence-electron chi connectivity index (χ4n) is 5.42. The Kier molecular flexibility index (Phi) is 7.26. The van der Waals surface area contributed by atoms with Gasteiger partial charge in [0, 0.05) is 43.2 Å². The van der Waals surface area contributed by atoms with Crippen molar-refractivity contribution >= 4 is 32.3 Å². The maximum Gasteiger partial charge on any atom is 0.256 e. The lowest BCUT2D eigenvalue weighted by molar-refractivity contribution is 0.102. The van der Waals surface area contributed by atoms with Crippen molar-refractivity contribution in [3.8, 4) is 6.07 Å². The number of fused-ring (bicyclic) bond motifs is 2. The van der Waals surface area contributed by atoms with Gasteiger partial charge in [0.2, 0.25) is 10.0 Å². The van der Waals surface area contributed by atoms with Crippen molar-refractivity contribution in [3.05, 3.63) is 117 Å². The summed E-state index contributed by atoms with van der Waals surface area (Å²) in [5.74, 6) is -0.368. The SMILES string of the molecule is N#Cc1c(NC(=O)c2ccc(S(=O)(=O)N3CCc4ccccc4C3)cc2)sc2c1CCN(Cc1ccccc1)C2. The summed E-state index contributed by atoms with van der Waals surface area (Å²) in [5.41, 5.74) is 5.31. The van der Waals surface area contributed by atoms with Crippen molar-refractivity contribution in [2.75, 3.05) is 18.4 Å². The number of nitrogens with one attached hydrogen (secondary N) is 1. The second kappa shape index (κ2) is 11.0. The van der Waals surface area contributed by atoms with Crippen LogP contribution in [0.15, 0.2) is 83.8 Å². The van der Waals surface area contributed by atoms with Gasteiger partial charge < -0.3 is 5.32 Å². The van der Waals surface area contributed by atoms with Crippen LogP contribution in [0.2, 0.25) is 0 Å². The molecule has 4 aromatic rings. The highest BCUT2D eigenvalue weighted by Crippen LogP contribution is 2.37. The molecule has 9 heteroatoms. The monoisotopic (exact) mass is 568 g/mol. The van der Waals surface area contributed by atoms with Crippen LogP contribution in [0.5, 0.6) is 0 Å². The Morgan fingerprint density at radius 1 is 0.900 bits per heavy atom.